The van der Waals surface area contributed by atoms with Crippen LogP contribution in [0.1, 0.15) is 84.0 Å². The summed E-state index contributed by atoms with van der Waals surface area (Å²) in [7, 11) is 0. The molecule has 0 aliphatic rings. The third-order valence-electron chi connectivity index (χ3n) is 3.14. The highest BCUT2D eigenvalue weighted by molar-refractivity contribution is 9.18. The lowest BCUT2D eigenvalue weighted by atomic mass is 10.1. The summed E-state index contributed by atoms with van der Waals surface area (Å²) in [6.07, 6.45) is 19.4. The van der Waals surface area contributed by atoms with Gasteiger partial charge < -0.3 is 0 Å². The number of carbonyl (C=O) groups excluding carboxylic acids is 1. The van der Waals surface area contributed by atoms with E-state index >= 15 is 0 Å². The molecule has 0 radical (unpaired) electrons. The van der Waals surface area contributed by atoms with Crippen LogP contribution in [0.5, 0.6) is 0 Å². The van der Waals surface area contributed by atoms with Gasteiger partial charge in [-0.2, -0.15) is 0 Å². The van der Waals surface area contributed by atoms with Gasteiger partial charge in [-0.3, -0.25) is 4.79 Å². The Bertz CT molecular complexity index is 211. The number of allylic oxidation sites excluding steroid dienone is 2. The van der Waals surface area contributed by atoms with Crippen molar-refractivity contribution in [2.45, 2.75) is 84.0 Å². The highest BCUT2D eigenvalue weighted by Gasteiger charge is 1.95. The zero-order valence-electron chi connectivity index (χ0n) is 11.9. The van der Waals surface area contributed by atoms with Crippen molar-refractivity contribution in [1.29, 1.82) is 0 Å². The molecule has 0 unspecified atom stereocenters. The zero-order chi connectivity index (χ0) is 13.5. The molecule has 0 spiro atoms. The number of rotatable bonds is 13. The minimum Gasteiger partial charge on any atom is -0.287 e. The molecular weight excluding hydrogens is 288 g/mol. The largest absolute Gasteiger partial charge is 0.287 e. The number of carbonyl (C=O) groups is 1. The summed E-state index contributed by atoms with van der Waals surface area (Å²) in [5.74, 6) is 0. The molecule has 0 aliphatic carbocycles. The molecule has 106 valence electrons. The predicted molar refractivity (Wildman–Crippen MR) is 84.2 cm³/mol. The van der Waals surface area contributed by atoms with E-state index in [4.69, 9.17) is 0 Å². The first-order chi connectivity index (χ1) is 8.77. The number of unbranched alkanes of at least 4 members (excludes halogenated alkanes) is 9. The molecule has 18 heavy (non-hydrogen) atoms. The van der Waals surface area contributed by atoms with E-state index in [1.165, 1.54) is 64.2 Å². The summed E-state index contributed by atoms with van der Waals surface area (Å²) in [6.45, 7) is 2.25. The van der Waals surface area contributed by atoms with Crippen molar-refractivity contribution in [2.75, 3.05) is 0 Å². The van der Waals surface area contributed by atoms with Crippen molar-refractivity contribution in [3.8, 4) is 0 Å². The molecule has 0 saturated heterocycles. The molecule has 0 N–H and O–H groups in total. The van der Waals surface area contributed by atoms with E-state index in [2.05, 4.69) is 35.0 Å². The fourth-order valence-corrected chi connectivity index (χ4v) is 2.26. The Hall–Kier alpha value is -0.110. The fraction of sp³-hybridized carbons (Fsp3) is 0.812. The maximum atomic E-state index is 10.7. The average Bonchev–Trinajstić information content (AvgIpc) is 2.34. The van der Waals surface area contributed by atoms with Crippen LogP contribution < -0.4 is 0 Å². The summed E-state index contributed by atoms with van der Waals surface area (Å²) >= 11 is 2.96. The summed E-state index contributed by atoms with van der Waals surface area (Å²) < 4.78 is 0.147. The van der Waals surface area contributed by atoms with Gasteiger partial charge in [0, 0.05) is 6.42 Å². The van der Waals surface area contributed by atoms with Crippen molar-refractivity contribution in [1.82, 2.24) is 0 Å². The molecule has 0 aromatic heterocycles. The first-order valence-electron chi connectivity index (χ1n) is 7.60. The van der Waals surface area contributed by atoms with E-state index in [1.54, 1.807) is 0 Å². The summed E-state index contributed by atoms with van der Waals surface area (Å²) in [5, 5.41) is 0. The maximum absolute atomic E-state index is 10.7. The first-order valence-corrected chi connectivity index (χ1v) is 8.40. The number of hydrogen-bond donors (Lipinski definition) is 0. The Morgan fingerprint density at radius 3 is 1.89 bits per heavy atom. The molecule has 0 aromatic rings. The fourth-order valence-electron chi connectivity index (χ4n) is 1.98. The predicted octanol–water partition coefficient (Wildman–Crippen LogP) is 6.17. The summed E-state index contributed by atoms with van der Waals surface area (Å²) in [6, 6.07) is 0. The maximum Gasteiger partial charge on any atom is 0.197 e. The molecule has 0 aliphatic heterocycles. The van der Waals surface area contributed by atoms with Crippen LogP contribution in [0.15, 0.2) is 12.2 Å². The molecule has 1 nitrogen and oxygen atoms in total. The standard InChI is InChI=1S/C16H29BrO/c1-2-3-4-5-6-7-8-9-10-11-12-13-14-15-16(17)18/h7-8H,2-6,9-15H2,1H3/b8-7-. The van der Waals surface area contributed by atoms with Gasteiger partial charge in [0.1, 0.15) is 0 Å². The van der Waals surface area contributed by atoms with Crippen molar-refractivity contribution in [3.05, 3.63) is 12.2 Å². The quantitative estimate of drug-likeness (QED) is 0.226. The lowest BCUT2D eigenvalue weighted by Gasteiger charge is -1.98. The van der Waals surface area contributed by atoms with Crippen LogP contribution in [-0.4, -0.2) is 4.69 Å². The molecular formula is C16H29BrO. The molecule has 0 atom stereocenters. The van der Waals surface area contributed by atoms with Gasteiger partial charge in [-0.05, 0) is 48.0 Å². The van der Waals surface area contributed by atoms with E-state index < -0.39 is 0 Å². The van der Waals surface area contributed by atoms with E-state index in [0.717, 1.165) is 6.42 Å². The molecule has 0 amide bonds. The average molecular weight is 317 g/mol. The third kappa shape index (κ3) is 15.9. The van der Waals surface area contributed by atoms with Crippen molar-refractivity contribution in [3.63, 3.8) is 0 Å². The molecule has 2 heteroatoms. The molecule has 0 fully saturated rings. The first kappa shape index (κ1) is 17.9. The Balaban J connectivity index is 3.06. The third-order valence-corrected chi connectivity index (χ3v) is 3.53. The molecule has 0 heterocycles. The lowest BCUT2D eigenvalue weighted by molar-refractivity contribution is -0.110. The highest BCUT2D eigenvalue weighted by Crippen LogP contribution is 2.09. The normalized spacial score (nSPS) is 11.2. The van der Waals surface area contributed by atoms with Gasteiger partial charge >= 0.3 is 0 Å². The number of halogens is 1. The smallest absolute Gasteiger partial charge is 0.197 e. The van der Waals surface area contributed by atoms with Gasteiger partial charge in [-0.15, -0.1) is 0 Å². The Kier molecular flexibility index (Phi) is 14.9. The van der Waals surface area contributed by atoms with Crippen molar-refractivity contribution >= 4 is 20.6 Å². The van der Waals surface area contributed by atoms with Gasteiger partial charge in [0.25, 0.3) is 0 Å². The SMILES string of the molecule is CCCCCC/C=C\CCCCCCCC(=O)Br. The summed E-state index contributed by atoms with van der Waals surface area (Å²) in [5.41, 5.74) is 0. The second-order valence-electron chi connectivity index (χ2n) is 4.98. The van der Waals surface area contributed by atoms with E-state index in [9.17, 15) is 4.79 Å². The monoisotopic (exact) mass is 316 g/mol. The second-order valence-corrected chi connectivity index (χ2v) is 5.87. The molecule has 0 aromatic carbocycles. The Morgan fingerprint density at radius 1 is 0.833 bits per heavy atom. The highest BCUT2D eigenvalue weighted by atomic mass is 79.9. The van der Waals surface area contributed by atoms with E-state index in [-0.39, 0.29) is 4.69 Å². The van der Waals surface area contributed by atoms with Crippen LogP contribution in [-0.2, 0) is 4.79 Å². The van der Waals surface area contributed by atoms with Crippen LogP contribution in [0, 0.1) is 0 Å². The Labute approximate surface area is 122 Å². The van der Waals surface area contributed by atoms with Gasteiger partial charge in [-0.25, -0.2) is 0 Å². The minimum atomic E-state index is 0.147. The molecule has 0 bridgehead atoms. The topological polar surface area (TPSA) is 17.1 Å². The second kappa shape index (κ2) is 14.9. The van der Waals surface area contributed by atoms with Gasteiger partial charge in [0.15, 0.2) is 4.69 Å². The van der Waals surface area contributed by atoms with Crippen molar-refractivity contribution < 1.29 is 4.79 Å². The van der Waals surface area contributed by atoms with Gasteiger partial charge in [0.05, 0.1) is 0 Å². The Morgan fingerprint density at radius 2 is 1.33 bits per heavy atom. The molecule has 0 rings (SSSR count). The van der Waals surface area contributed by atoms with Crippen LogP contribution in [0.3, 0.4) is 0 Å². The van der Waals surface area contributed by atoms with Crippen LogP contribution in [0.4, 0.5) is 0 Å². The van der Waals surface area contributed by atoms with E-state index in [1.807, 2.05) is 0 Å². The van der Waals surface area contributed by atoms with Crippen molar-refractivity contribution in [2.24, 2.45) is 0 Å². The minimum absolute atomic E-state index is 0.147. The van der Waals surface area contributed by atoms with Crippen LogP contribution >= 0.6 is 15.9 Å². The zero-order valence-corrected chi connectivity index (χ0v) is 13.5. The van der Waals surface area contributed by atoms with Gasteiger partial charge in [0.2, 0.25) is 0 Å². The van der Waals surface area contributed by atoms with Gasteiger partial charge in [-0.1, -0.05) is 57.6 Å². The van der Waals surface area contributed by atoms with E-state index in [0.29, 0.717) is 6.42 Å². The van der Waals surface area contributed by atoms with Crippen LogP contribution in [0.25, 0.3) is 0 Å². The molecule has 0 saturated carbocycles. The number of hydrogen-bond acceptors (Lipinski definition) is 1. The lowest BCUT2D eigenvalue weighted by Crippen LogP contribution is -1.85. The van der Waals surface area contributed by atoms with Crippen LogP contribution in [0.2, 0.25) is 0 Å². The summed E-state index contributed by atoms with van der Waals surface area (Å²) in [4.78, 5) is 10.7.